The van der Waals surface area contributed by atoms with Crippen molar-refractivity contribution >= 4 is 35.3 Å². The summed E-state index contributed by atoms with van der Waals surface area (Å²) < 4.78 is 10.4. The number of nitrogens with one attached hydrogen (secondary N) is 2. The lowest BCUT2D eigenvalue weighted by Gasteiger charge is -2.07. The second-order valence-corrected chi connectivity index (χ2v) is 5.99. The highest BCUT2D eigenvalue weighted by molar-refractivity contribution is 6.39. The highest BCUT2D eigenvalue weighted by Gasteiger charge is 2.13. The number of hydrazone groups is 1. The maximum Gasteiger partial charge on any atom is 0.329 e. The van der Waals surface area contributed by atoms with E-state index in [1.54, 1.807) is 24.3 Å². The summed E-state index contributed by atoms with van der Waals surface area (Å²) in [4.78, 5) is 23.7. The summed E-state index contributed by atoms with van der Waals surface area (Å²) in [6.07, 6.45) is 2.15. The van der Waals surface area contributed by atoms with Gasteiger partial charge in [-0.25, -0.2) is 5.43 Å². The number of rotatable bonds is 7. The number of hydrogen-bond acceptors (Lipinski definition) is 6. The summed E-state index contributed by atoms with van der Waals surface area (Å²) in [6, 6.07) is 9.55. The monoisotopic (exact) mass is 405 g/mol. The Hall–Kier alpha value is -3.26. The molecule has 0 atom stereocenters. The van der Waals surface area contributed by atoms with Crippen LogP contribution in [0.1, 0.15) is 18.9 Å². The number of phenols is 1. The van der Waals surface area contributed by atoms with Crippen molar-refractivity contribution in [3.05, 3.63) is 47.0 Å². The molecule has 2 amide bonds. The Kier molecular flexibility index (Phi) is 7.65. The normalized spacial score (nSPS) is 10.5. The minimum atomic E-state index is -0.945. The first-order chi connectivity index (χ1) is 13.4. The fourth-order valence-electron chi connectivity index (χ4n) is 2.08. The largest absolute Gasteiger partial charge is 0.503 e. The molecule has 2 aromatic rings. The maximum atomic E-state index is 11.9. The molecule has 0 aliphatic heterocycles. The zero-order chi connectivity index (χ0) is 20.5. The van der Waals surface area contributed by atoms with Crippen LogP contribution in [0.5, 0.6) is 17.2 Å². The molecular formula is C19H20ClN3O5. The van der Waals surface area contributed by atoms with E-state index in [-0.39, 0.29) is 16.5 Å². The van der Waals surface area contributed by atoms with Crippen molar-refractivity contribution in [3.63, 3.8) is 0 Å². The van der Waals surface area contributed by atoms with E-state index in [4.69, 9.17) is 21.1 Å². The van der Waals surface area contributed by atoms with Gasteiger partial charge in [0.25, 0.3) is 0 Å². The molecule has 0 saturated carbocycles. The van der Waals surface area contributed by atoms with Gasteiger partial charge in [0.15, 0.2) is 11.5 Å². The van der Waals surface area contributed by atoms with Crippen LogP contribution in [-0.4, -0.2) is 36.9 Å². The van der Waals surface area contributed by atoms with Gasteiger partial charge in [-0.05, 0) is 48.4 Å². The number of benzene rings is 2. The number of ether oxygens (including phenoxy) is 2. The molecule has 0 saturated heterocycles. The molecule has 0 aliphatic rings. The van der Waals surface area contributed by atoms with E-state index in [1.807, 2.05) is 6.92 Å². The zero-order valence-corrected chi connectivity index (χ0v) is 16.1. The van der Waals surface area contributed by atoms with Gasteiger partial charge in [0, 0.05) is 5.69 Å². The number of carbonyl (C=O) groups is 2. The van der Waals surface area contributed by atoms with Crippen LogP contribution in [0.25, 0.3) is 0 Å². The Morgan fingerprint density at radius 2 is 1.93 bits per heavy atom. The molecule has 2 aromatic carbocycles. The van der Waals surface area contributed by atoms with Crippen LogP contribution in [0.15, 0.2) is 41.5 Å². The molecule has 0 radical (unpaired) electrons. The first kappa shape index (κ1) is 21.0. The summed E-state index contributed by atoms with van der Waals surface area (Å²) in [5, 5.41) is 15.9. The minimum absolute atomic E-state index is 0.0660. The van der Waals surface area contributed by atoms with Crippen molar-refractivity contribution in [3.8, 4) is 17.2 Å². The molecule has 0 unspecified atom stereocenters. The van der Waals surface area contributed by atoms with Crippen LogP contribution in [0.4, 0.5) is 5.69 Å². The predicted octanol–water partition coefficient (Wildman–Crippen LogP) is 2.93. The van der Waals surface area contributed by atoms with Gasteiger partial charge in [-0.2, -0.15) is 5.10 Å². The summed E-state index contributed by atoms with van der Waals surface area (Å²) in [6.45, 7) is 2.60. The lowest BCUT2D eigenvalue weighted by molar-refractivity contribution is -0.136. The van der Waals surface area contributed by atoms with E-state index >= 15 is 0 Å². The molecule has 0 heterocycles. The molecule has 0 fully saturated rings. The standard InChI is InChI=1S/C19H20ClN3O5/c1-3-8-28-14-6-4-13(5-7-14)22-18(25)19(26)23-21-11-12-9-15(20)17(24)16(10-12)27-2/h4-7,9-11,24H,3,8H2,1-2H3,(H,22,25)(H,23,26)/b21-11-. The summed E-state index contributed by atoms with van der Waals surface area (Å²) in [7, 11) is 1.38. The molecule has 0 spiro atoms. The zero-order valence-electron chi connectivity index (χ0n) is 15.4. The highest BCUT2D eigenvalue weighted by atomic mass is 35.5. The number of anilines is 1. The van der Waals surface area contributed by atoms with Gasteiger partial charge in [0.2, 0.25) is 0 Å². The van der Waals surface area contributed by atoms with Gasteiger partial charge >= 0.3 is 11.8 Å². The Morgan fingerprint density at radius 1 is 1.21 bits per heavy atom. The first-order valence-electron chi connectivity index (χ1n) is 8.38. The fraction of sp³-hybridized carbons (Fsp3) is 0.211. The van der Waals surface area contributed by atoms with Crippen molar-refractivity contribution in [2.45, 2.75) is 13.3 Å². The number of hydrogen-bond donors (Lipinski definition) is 3. The van der Waals surface area contributed by atoms with Crippen molar-refractivity contribution in [1.29, 1.82) is 0 Å². The Bertz CT molecular complexity index is 869. The second-order valence-electron chi connectivity index (χ2n) is 5.58. The van der Waals surface area contributed by atoms with Gasteiger partial charge in [-0.15, -0.1) is 0 Å². The van der Waals surface area contributed by atoms with Crippen LogP contribution in [0.2, 0.25) is 5.02 Å². The van der Waals surface area contributed by atoms with E-state index in [9.17, 15) is 14.7 Å². The smallest absolute Gasteiger partial charge is 0.329 e. The average Bonchev–Trinajstić information content (AvgIpc) is 2.69. The number of carbonyl (C=O) groups excluding carboxylic acids is 2. The molecule has 0 aromatic heterocycles. The van der Waals surface area contributed by atoms with Crippen molar-refractivity contribution < 1.29 is 24.2 Å². The Labute approximate surface area is 167 Å². The number of aromatic hydroxyl groups is 1. The lowest BCUT2D eigenvalue weighted by Crippen LogP contribution is -2.32. The van der Waals surface area contributed by atoms with Crippen molar-refractivity contribution in [1.82, 2.24) is 5.43 Å². The van der Waals surface area contributed by atoms with Crippen LogP contribution in [0.3, 0.4) is 0 Å². The van der Waals surface area contributed by atoms with E-state index in [2.05, 4.69) is 15.8 Å². The van der Waals surface area contributed by atoms with E-state index < -0.39 is 11.8 Å². The molecule has 8 nitrogen and oxygen atoms in total. The van der Waals surface area contributed by atoms with Crippen molar-refractivity contribution in [2.75, 3.05) is 19.0 Å². The number of phenolic OH excluding ortho intramolecular Hbond substituents is 1. The Morgan fingerprint density at radius 3 is 2.57 bits per heavy atom. The van der Waals surface area contributed by atoms with Crippen LogP contribution in [0, 0.1) is 0 Å². The van der Waals surface area contributed by atoms with Crippen LogP contribution in [-0.2, 0) is 9.59 Å². The fourth-order valence-corrected chi connectivity index (χ4v) is 2.30. The molecule has 0 aliphatic carbocycles. The van der Waals surface area contributed by atoms with E-state index in [0.717, 1.165) is 6.42 Å². The molecule has 148 valence electrons. The summed E-state index contributed by atoms with van der Waals surface area (Å²) >= 11 is 5.87. The predicted molar refractivity (Wildman–Crippen MR) is 106 cm³/mol. The minimum Gasteiger partial charge on any atom is -0.503 e. The summed E-state index contributed by atoms with van der Waals surface area (Å²) in [5.74, 6) is -1.18. The number of halogens is 1. The summed E-state index contributed by atoms with van der Waals surface area (Å²) in [5.41, 5.74) is 3.02. The number of amides is 2. The third-order valence-electron chi connectivity index (χ3n) is 3.44. The lowest BCUT2D eigenvalue weighted by atomic mass is 10.2. The molecule has 9 heteroatoms. The van der Waals surface area contributed by atoms with Crippen molar-refractivity contribution in [2.24, 2.45) is 5.10 Å². The first-order valence-corrected chi connectivity index (χ1v) is 8.76. The SMILES string of the molecule is CCCOc1ccc(NC(=O)C(=O)N/N=C\c2cc(Cl)c(O)c(OC)c2)cc1. The average molecular weight is 406 g/mol. The van der Waals surface area contributed by atoms with Crippen LogP contribution >= 0.6 is 11.6 Å². The quantitative estimate of drug-likeness (QED) is 0.373. The molecular weight excluding hydrogens is 386 g/mol. The van der Waals surface area contributed by atoms with Gasteiger partial charge < -0.3 is 19.9 Å². The van der Waals surface area contributed by atoms with Crippen LogP contribution < -0.4 is 20.2 Å². The molecule has 2 rings (SSSR count). The molecule has 3 N–H and O–H groups in total. The van der Waals surface area contributed by atoms with Gasteiger partial charge in [-0.3, -0.25) is 9.59 Å². The van der Waals surface area contributed by atoms with Gasteiger partial charge in [0.1, 0.15) is 5.75 Å². The second kappa shape index (κ2) is 10.2. The number of methoxy groups -OCH3 is 1. The highest BCUT2D eigenvalue weighted by Crippen LogP contribution is 2.34. The number of nitrogens with zero attached hydrogens (tertiary/aromatic N) is 1. The molecule has 28 heavy (non-hydrogen) atoms. The maximum absolute atomic E-state index is 11.9. The van der Waals surface area contributed by atoms with E-state index in [1.165, 1.54) is 25.5 Å². The third kappa shape index (κ3) is 5.88. The van der Waals surface area contributed by atoms with E-state index in [0.29, 0.717) is 23.6 Å². The molecule has 0 bridgehead atoms. The van der Waals surface area contributed by atoms with Gasteiger partial charge in [0.05, 0.1) is 25.0 Å². The third-order valence-corrected chi connectivity index (χ3v) is 3.73. The van der Waals surface area contributed by atoms with Gasteiger partial charge in [-0.1, -0.05) is 18.5 Å². The topological polar surface area (TPSA) is 109 Å². The Balaban J connectivity index is 1.91.